The molecule has 112 valence electrons. The molecule has 3 rings (SSSR count). The molecule has 2 aromatic carbocycles. The van der Waals surface area contributed by atoms with Crippen LogP contribution in [0.2, 0.25) is 0 Å². The number of carbonyl (C=O) groups excluding carboxylic acids is 1. The Morgan fingerprint density at radius 3 is 2.57 bits per heavy atom. The van der Waals surface area contributed by atoms with Gasteiger partial charge in [-0.05, 0) is 30.7 Å². The lowest BCUT2D eigenvalue weighted by atomic mass is 10.0. The third kappa shape index (κ3) is 2.90. The smallest absolute Gasteiger partial charge is 0.345 e. The third-order valence-corrected chi connectivity index (χ3v) is 3.63. The van der Waals surface area contributed by atoms with Crippen molar-refractivity contribution < 1.29 is 9.53 Å². The number of carbonyl (C=O) groups is 1. The monoisotopic (exact) mass is 302 g/mol. The highest BCUT2D eigenvalue weighted by atomic mass is 16.5. The molecule has 23 heavy (non-hydrogen) atoms. The number of ether oxygens (including phenoxy) is 1. The Kier molecular flexibility index (Phi) is 4.03. The Hall–Kier alpha value is -3.19. The van der Waals surface area contributed by atoms with Crippen LogP contribution in [0.1, 0.15) is 21.6 Å². The first-order valence-electron chi connectivity index (χ1n) is 7.23. The number of pyridine rings is 1. The molecule has 0 amide bonds. The van der Waals surface area contributed by atoms with Gasteiger partial charge in [-0.25, -0.2) is 4.79 Å². The van der Waals surface area contributed by atoms with Crippen molar-refractivity contribution in [2.75, 3.05) is 0 Å². The van der Waals surface area contributed by atoms with E-state index in [-0.39, 0.29) is 6.42 Å². The molecule has 0 fully saturated rings. The van der Waals surface area contributed by atoms with Crippen molar-refractivity contribution in [2.24, 2.45) is 0 Å². The fourth-order valence-electron chi connectivity index (χ4n) is 2.56. The maximum atomic E-state index is 12.6. The lowest BCUT2D eigenvalue weighted by Gasteiger charge is -2.12. The molecule has 0 atom stereocenters. The van der Waals surface area contributed by atoms with Crippen molar-refractivity contribution in [1.82, 2.24) is 4.98 Å². The molecule has 3 aromatic rings. The molecule has 0 aliphatic carbocycles. The van der Waals surface area contributed by atoms with Crippen molar-refractivity contribution in [2.45, 2.75) is 13.3 Å². The molecule has 4 heteroatoms. The second kappa shape index (κ2) is 6.29. The average molecular weight is 302 g/mol. The van der Waals surface area contributed by atoms with E-state index in [9.17, 15) is 4.79 Å². The summed E-state index contributed by atoms with van der Waals surface area (Å²) in [5.74, 6) is -0.0230. The number of aromatic nitrogens is 1. The third-order valence-electron chi connectivity index (χ3n) is 3.63. The van der Waals surface area contributed by atoms with Crippen LogP contribution < -0.4 is 4.74 Å². The highest BCUT2D eigenvalue weighted by Crippen LogP contribution is 2.24. The minimum Gasteiger partial charge on any atom is -0.423 e. The molecule has 1 aromatic heterocycles. The fraction of sp³-hybridized carbons (Fsp3) is 0.105. The van der Waals surface area contributed by atoms with Gasteiger partial charge >= 0.3 is 5.97 Å². The predicted octanol–water partition coefficient (Wildman–Crippen LogP) is 3.83. The zero-order chi connectivity index (χ0) is 16.2. The summed E-state index contributed by atoms with van der Waals surface area (Å²) in [5.41, 5.74) is 2.37. The normalized spacial score (nSPS) is 10.3. The molecule has 0 aliphatic rings. The van der Waals surface area contributed by atoms with Crippen LogP contribution >= 0.6 is 0 Å². The summed E-state index contributed by atoms with van der Waals surface area (Å²) in [5, 5.41) is 9.92. The van der Waals surface area contributed by atoms with E-state index in [0.29, 0.717) is 17.0 Å². The maximum Gasteiger partial charge on any atom is 0.345 e. The van der Waals surface area contributed by atoms with Gasteiger partial charge in [0.1, 0.15) is 5.75 Å². The number of nitrogens with zero attached hydrogens (tertiary/aromatic N) is 2. The number of aryl methyl sites for hydroxylation is 1. The van der Waals surface area contributed by atoms with Crippen molar-refractivity contribution >= 4 is 16.9 Å². The number of esters is 1. The number of benzene rings is 2. The Balaban J connectivity index is 2.11. The van der Waals surface area contributed by atoms with Gasteiger partial charge in [-0.1, -0.05) is 36.4 Å². The minimum atomic E-state index is -0.489. The van der Waals surface area contributed by atoms with E-state index < -0.39 is 5.97 Å². The number of hydrogen-bond acceptors (Lipinski definition) is 4. The molecule has 0 N–H and O–H groups in total. The van der Waals surface area contributed by atoms with Gasteiger partial charge in [-0.2, -0.15) is 5.26 Å². The van der Waals surface area contributed by atoms with Crippen LogP contribution in [-0.4, -0.2) is 11.0 Å². The SMILES string of the molecule is Cc1c(C(=O)Oc2ccccc2)c(CC#N)nc2ccccc12. The largest absolute Gasteiger partial charge is 0.423 e. The molecule has 0 spiro atoms. The van der Waals surface area contributed by atoms with Crippen LogP contribution in [-0.2, 0) is 6.42 Å². The lowest BCUT2D eigenvalue weighted by Crippen LogP contribution is -2.15. The van der Waals surface area contributed by atoms with Gasteiger partial charge in [-0.3, -0.25) is 4.98 Å². The van der Waals surface area contributed by atoms with Crippen molar-refractivity contribution in [1.29, 1.82) is 5.26 Å². The van der Waals surface area contributed by atoms with Crippen LogP contribution in [0.4, 0.5) is 0 Å². The molecule has 0 saturated heterocycles. The van der Waals surface area contributed by atoms with E-state index in [2.05, 4.69) is 11.1 Å². The Bertz CT molecular complexity index is 912. The number of para-hydroxylation sites is 2. The highest BCUT2D eigenvalue weighted by Gasteiger charge is 2.20. The van der Waals surface area contributed by atoms with Crippen molar-refractivity contribution in [3.8, 4) is 11.8 Å². The van der Waals surface area contributed by atoms with Crippen LogP contribution in [0.15, 0.2) is 54.6 Å². The summed E-state index contributed by atoms with van der Waals surface area (Å²) in [6.45, 7) is 1.85. The number of fused-ring (bicyclic) bond motifs is 1. The average Bonchev–Trinajstić information content (AvgIpc) is 2.56. The topological polar surface area (TPSA) is 63.0 Å². The second-order valence-corrected chi connectivity index (χ2v) is 5.11. The van der Waals surface area contributed by atoms with Crippen LogP contribution in [0.3, 0.4) is 0 Å². The summed E-state index contributed by atoms with van der Waals surface area (Å²) in [4.78, 5) is 17.1. The molecular weight excluding hydrogens is 288 g/mol. The first kappa shape index (κ1) is 14.7. The van der Waals surface area contributed by atoms with Gasteiger partial charge in [0.05, 0.1) is 29.3 Å². The zero-order valence-corrected chi connectivity index (χ0v) is 12.6. The zero-order valence-electron chi connectivity index (χ0n) is 12.6. The van der Waals surface area contributed by atoms with Crippen LogP contribution in [0, 0.1) is 18.3 Å². The summed E-state index contributed by atoms with van der Waals surface area (Å²) in [7, 11) is 0. The molecule has 1 heterocycles. The Morgan fingerprint density at radius 2 is 1.83 bits per heavy atom. The van der Waals surface area contributed by atoms with Crippen molar-refractivity contribution in [3.05, 3.63) is 71.4 Å². The molecule has 0 radical (unpaired) electrons. The standard InChI is InChI=1S/C19H14N2O2/c1-13-15-9-5-6-10-16(15)21-17(11-12-20)18(13)19(22)23-14-7-3-2-4-8-14/h2-10H,11H2,1H3. The summed E-state index contributed by atoms with van der Waals surface area (Å²) in [6.07, 6.45) is 0.0604. The summed E-state index contributed by atoms with van der Waals surface area (Å²) < 4.78 is 5.43. The fourth-order valence-corrected chi connectivity index (χ4v) is 2.56. The van der Waals surface area contributed by atoms with E-state index in [4.69, 9.17) is 10.00 Å². The van der Waals surface area contributed by atoms with Gasteiger partial charge in [-0.15, -0.1) is 0 Å². The number of nitriles is 1. The Morgan fingerprint density at radius 1 is 1.13 bits per heavy atom. The first-order chi connectivity index (χ1) is 11.2. The predicted molar refractivity (Wildman–Crippen MR) is 87.2 cm³/mol. The molecule has 0 aliphatic heterocycles. The molecule has 0 unspecified atom stereocenters. The molecule has 0 bridgehead atoms. The minimum absolute atomic E-state index is 0.0604. The summed E-state index contributed by atoms with van der Waals surface area (Å²) in [6, 6.07) is 18.5. The second-order valence-electron chi connectivity index (χ2n) is 5.11. The molecule has 0 saturated carbocycles. The van der Waals surface area contributed by atoms with Crippen molar-refractivity contribution in [3.63, 3.8) is 0 Å². The van der Waals surface area contributed by atoms with Gasteiger partial charge in [0.2, 0.25) is 0 Å². The van der Waals surface area contributed by atoms with E-state index >= 15 is 0 Å². The van der Waals surface area contributed by atoms with Gasteiger partial charge in [0, 0.05) is 5.39 Å². The Labute approximate surface area is 134 Å². The molecule has 4 nitrogen and oxygen atoms in total. The van der Waals surface area contributed by atoms with E-state index in [1.54, 1.807) is 24.3 Å². The highest BCUT2D eigenvalue weighted by molar-refractivity contribution is 5.99. The van der Waals surface area contributed by atoms with E-state index in [1.165, 1.54) is 0 Å². The quantitative estimate of drug-likeness (QED) is 0.545. The number of rotatable bonds is 3. The number of hydrogen-bond donors (Lipinski definition) is 0. The lowest BCUT2D eigenvalue weighted by molar-refractivity contribution is 0.0733. The maximum absolute atomic E-state index is 12.6. The van der Waals surface area contributed by atoms with Crippen LogP contribution in [0.5, 0.6) is 5.75 Å². The van der Waals surface area contributed by atoms with E-state index in [1.807, 2.05) is 37.3 Å². The van der Waals surface area contributed by atoms with Gasteiger partial charge in [0.25, 0.3) is 0 Å². The van der Waals surface area contributed by atoms with Gasteiger partial charge in [0.15, 0.2) is 0 Å². The van der Waals surface area contributed by atoms with Gasteiger partial charge < -0.3 is 4.74 Å². The van der Waals surface area contributed by atoms with Crippen LogP contribution in [0.25, 0.3) is 10.9 Å². The molecular formula is C19H14N2O2. The summed E-state index contributed by atoms with van der Waals surface area (Å²) >= 11 is 0. The van der Waals surface area contributed by atoms with E-state index in [0.717, 1.165) is 16.5 Å². The first-order valence-corrected chi connectivity index (χ1v) is 7.23.